The van der Waals surface area contributed by atoms with Gasteiger partial charge < -0.3 is 4.98 Å². The Morgan fingerprint density at radius 2 is 2.00 bits per heavy atom. The summed E-state index contributed by atoms with van der Waals surface area (Å²) < 4.78 is 0. The molecule has 0 aliphatic heterocycles. The van der Waals surface area contributed by atoms with Crippen LogP contribution in [0.1, 0.15) is 15.9 Å². The number of carbonyl (C=O) groups excluding carboxylic acids is 1. The highest BCUT2D eigenvalue weighted by Crippen LogP contribution is 2.27. The van der Waals surface area contributed by atoms with Gasteiger partial charge in [0.25, 0.3) is 0 Å². The van der Waals surface area contributed by atoms with Crippen LogP contribution in [0.4, 0.5) is 0 Å². The van der Waals surface area contributed by atoms with Crippen LogP contribution in [0.25, 0.3) is 11.0 Å². The topological polar surface area (TPSA) is 45.8 Å². The third-order valence-electron chi connectivity index (χ3n) is 3.12. The molecule has 20 heavy (non-hydrogen) atoms. The van der Waals surface area contributed by atoms with E-state index >= 15 is 0 Å². The first kappa shape index (κ1) is 13.2. The summed E-state index contributed by atoms with van der Waals surface area (Å²) in [5, 5.41) is 1.20. The molecule has 0 saturated heterocycles. The monoisotopic (exact) mass is 302 g/mol. The Kier molecular flexibility index (Phi) is 3.51. The SMILES string of the molecule is CSc1ccc(C(=O)c2cnc3[nH]ccc3c2Cl)cc1. The van der Waals surface area contributed by atoms with Crippen molar-refractivity contribution < 1.29 is 4.79 Å². The van der Waals surface area contributed by atoms with E-state index in [2.05, 4.69) is 9.97 Å². The molecule has 1 aromatic carbocycles. The fourth-order valence-electron chi connectivity index (χ4n) is 2.03. The van der Waals surface area contributed by atoms with Crippen LogP contribution in [0.15, 0.2) is 47.6 Å². The summed E-state index contributed by atoms with van der Waals surface area (Å²) >= 11 is 7.94. The number of thioether (sulfide) groups is 1. The van der Waals surface area contributed by atoms with E-state index < -0.39 is 0 Å². The van der Waals surface area contributed by atoms with E-state index in [1.165, 1.54) is 6.20 Å². The second-order valence-electron chi connectivity index (χ2n) is 4.28. The van der Waals surface area contributed by atoms with E-state index in [0.717, 1.165) is 10.3 Å². The summed E-state index contributed by atoms with van der Waals surface area (Å²) in [5.74, 6) is -0.113. The average molecular weight is 303 g/mol. The molecule has 100 valence electrons. The van der Waals surface area contributed by atoms with Crippen molar-refractivity contribution in [2.24, 2.45) is 0 Å². The molecule has 2 aromatic heterocycles. The highest BCUT2D eigenvalue weighted by Gasteiger charge is 2.16. The highest BCUT2D eigenvalue weighted by molar-refractivity contribution is 7.98. The number of H-pyrrole nitrogens is 1. The number of rotatable bonds is 3. The Hall–Kier alpha value is -1.78. The Balaban J connectivity index is 2.04. The molecule has 3 rings (SSSR count). The van der Waals surface area contributed by atoms with Crippen LogP contribution >= 0.6 is 23.4 Å². The summed E-state index contributed by atoms with van der Waals surface area (Å²) in [5.41, 5.74) is 1.72. The van der Waals surface area contributed by atoms with Crippen molar-refractivity contribution in [1.82, 2.24) is 9.97 Å². The van der Waals surface area contributed by atoms with Gasteiger partial charge in [-0.25, -0.2) is 4.98 Å². The molecule has 0 saturated carbocycles. The zero-order chi connectivity index (χ0) is 14.1. The number of ketones is 1. The van der Waals surface area contributed by atoms with Gasteiger partial charge in [-0.05, 0) is 36.6 Å². The second-order valence-corrected chi connectivity index (χ2v) is 5.54. The number of nitrogens with zero attached hydrogens (tertiary/aromatic N) is 1. The van der Waals surface area contributed by atoms with Gasteiger partial charge in [0.1, 0.15) is 5.65 Å². The first-order valence-electron chi connectivity index (χ1n) is 6.01. The number of hydrogen-bond acceptors (Lipinski definition) is 3. The van der Waals surface area contributed by atoms with Crippen molar-refractivity contribution in [2.45, 2.75) is 4.90 Å². The van der Waals surface area contributed by atoms with Crippen molar-refractivity contribution in [2.75, 3.05) is 6.26 Å². The molecule has 2 heterocycles. The predicted molar refractivity (Wildman–Crippen MR) is 82.8 cm³/mol. The standard InChI is InChI=1S/C15H11ClN2OS/c1-20-10-4-2-9(3-5-10)14(19)12-8-18-15-11(13(12)16)6-7-17-15/h2-8H,1H3,(H,17,18). The number of pyridine rings is 1. The molecule has 0 atom stereocenters. The van der Waals surface area contributed by atoms with Crippen molar-refractivity contribution in [3.05, 3.63) is 58.9 Å². The smallest absolute Gasteiger partial charge is 0.196 e. The summed E-state index contributed by atoms with van der Waals surface area (Å²) in [6.07, 6.45) is 5.27. The summed E-state index contributed by atoms with van der Waals surface area (Å²) in [6, 6.07) is 9.29. The first-order valence-corrected chi connectivity index (χ1v) is 7.61. The third-order valence-corrected chi connectivity index (χ3v) is 4.27. The minimum Gasteiger partial charge on any atom is -0.346 e. The van der Waals surface area contributed by atoms with Gasteiger partial charge in [0, 0.05) is 28.2 Å². The Labute approximate surface area is 125 Å². The number of fused-ring (bicyclic) bond motifs is 1. The van der Waals surface area contributed by atoms with Gasteiger partial charge in [0.2, 0.25) is 0 Å². The fraction of sp³-hybridized carbons (Fsp3) is 0.0667. The molecule has 0 aliphatic rings. The normalized spacial score (nSPS) is 10.9. The van der Waals surface area contributed by atoms with Crippen molar-refractivity contribution >= 4 is 40.2 Å². The lowest BCUT2D eigenvalue weighted by atomic mass is 10.0. The van der Waals surface area contributed by atoms with Crippen LogP contribution in [-0.4, -0.2) is 22.0 Å². The van der Waals surface area contributed by atoms with Gasteiger partial charge in [-0.1, -0.05) is 11.6 Å². The lowest BCUT2D eigenvalue weighted by Crippen LogP contribution is -2.03. The zero-order valence-corrected chi connectivity index (χ0v) is 12.3. The van der Waals surface area contributed by atoms with E-state index in [9.17, 15) is 4.79 Å². The average Bonchev–Trinajstić information content (AvgIpc) is 2.96. The van der Waals surface area contributed by atoms with Crippen molar-refractivity contribution in [1.29, 1.82) is 0 Å². The Bertz CT molecular complexity index is 780. The number of halogens is 1. The number of carbonyl (C=O) groups is 1. The molecule has 0 fully saturated rings. The van der Waals surface area contributed by atoms with E-state index in [1.807, 2.05) is 36.6 Å². The van der Waals surface area contributed by atoms with Gasteiger partial charge in [0.05, 0.1) is 10.6 Å². The van der Waals surface area contributed by atoms with E-state index in [0.29, 0.717) is 21.8 Å². The van der Waals surface area contributed by atoms with Crippen LogP contribution in [0.2, 0.25) is 5.02 Å². The van der Waals surface area contributed by atoms with Crippen LogP contribution in [0.3, 0.4) is 0 Å². The van der Waals surface area contributed by atoms with Crippen LogP contribution in [0.5, 0.6) is 0 Å². The van der Waals surface area contributed by atoms with Crippen molar-refractivity contribution in [3.8, 4) is 0 Å². The minimum absolute atomic E-state index is 0.113. The maximum Gasteiger partial charge on any atom is 0.196 e. The molecule has 0 amide bonds. The van der Waals surface area contributed by atoms with Gasteiger partial charge >= 0.3 is 0 Å². The van der Waals surface area contributed by atoms with E-state index in [1.54, 1.807) is 18.0 Å². The molecule has 0 unspecified atom stereocenters. The Morgan fingerprint density at radius 3 is 2.70 bits per heavy atom. The number of benzene rings is 1. The summed E-state index contributed by atoms with van der Waals surface area (Å²) in [4.78, 5) is 20.8. The molecule has 0 spiro atoms. The first-order chi connectivity index (χ1) is 9.70. The molecule has 3 aromatic rings. The molecule has 0 bridgehead atoms. The number of aromatic nitrogens is 2. The maximum atomic E-state index is 12.5. The zero-order valence-electron chi connectivity index (χ0n) is 10.7. The van der Waals surface area contributed by atoms with Crippen LogP contribution < -0.4 is 0 Å². The van der Waals surface area contributed by atoms with Gasteiger partial charge in [-0.15, -0.1) is 11.8 Å². The lowest BCUT2D eigenvalue weighted by molar-refractivity contribution is 0.103. The van der Waals surface area contributed by atoms with E-state index in [4.69, 9.17) is 11.6 Å². The molecule has 0 radical (unpaired) electrons. The van der Waals surface area contributed by atoms with Crippen molar-refractivity contribution in [3.63, 3.8) is 0 Å². The highest BCUT2D eigenvalue weighted by atomic mass is 35.5. The fourth-order valence-corrected chi connectivity index (χ4v) is 2.73. The quantitative estimate of drug-likeness (QED) is 0.583. The third kappa shape index (κ3) is 2.21. The van der Waals surface area contributed by atoms with Crippen LogP contribution in [0, 0.1) is 0 Å². The van der Waals surface area contributed by atoms with Gasteiger partial charge in [0.15, 0.2) is 5.78 Å². The predicted octanol–water partition coefficient (Wildman–Crippen LogP) is 4.17. The molecular formula is C15H11ClN2OS. The summed E-state index contributed by atoms with van der Waals surface area (Å²) in [6.45, 7) is 0. The van der Waals surface area contributed by atoms with E-state index in [-0.39, 0.29) is 5.78 Å². The summed E-state index contributed by atoms with van der Waals surface area (Å²) in [7, 11) is 0. The molecular weight excluding hydrogens is 292 g/mol. The number of hydrogen-bond donors (Lipinski definition) is 1. The van der Waals surface area contributed by atoms with Crippen LogP contribution in [-0.2, 0) is 0 Å². The maximum absolute atomic E-state index is 12.5. The van der Waals surface area contributed by atoms with Gasteiger partial charge in [-0.3, -0.25) is 4.79 Å². The molecule has 3 nitrogen and oxygen atoms in total. The molecule has 5 heteroatoms. The number of nitrogens with one attached hydrogen (secondary N) is 1. The Morgan fingerprint density at radius 1 is 1.25 bits per heavy atom. The second kappa shape index (κ2) is 5.31. The molecule has 0 aliphatic carbocycles. The lowest BCUT2D eigenvalue weighted by Gasteiger charge is -2.05. The molecule has 1 N–H and O–H groups in total. The largest absolute Gasteiger partial charge is 0.346 e. The van der Waals surface area contributed by atoms with Gasteiger partial charge in [-0.2, -0.15) is 0 Å². The number of aromatic amines is 1. The minimum atomic E-state index is -0.113.